The Morgan fingerprint density at radius 3 is 2.82 bits per heavy atom. The second-order valence-corrected chi connectivity index (χ2v) is 6.80. The van der Waals surface area contributed by atoms with Gasteiger partial charge >= 0.3 is 0 Å². The molecule has 28 heavy (non-hydrogen) atoms. The van der Waals surface area contributed by atoms with E-state index in [2.05, 4.69) is 20.5 Å². The zero-order chi connectivity index (χ0) is 20.2. The fourth-order valence-corrected chi connectivity index (χ4v) is 3.09. The quantitative estimate of drug-likeness (QED) is 0.341. The van der Waals surface area contributed by atoms with Crippen molar-refractivity contribution in [3.63, 3.8) is 0 Å². The van der Waals surface area contributed by atoms with Crippen molar-refractivity contribution in [1.29, 1.82) is 0 Å². The molecule has 6 nitrogen and oxygen atoms in total. The third-order valence-corrected chi connectivity index (χ3v) is 4.60. The molecule has 1 heterocycles. The van der Waals surface area contributed by atoms with E-state index in [1.165, 1.54) is 12.1 Å². The van der Waals surface area contributed by atoms with Crippen molar-refractivity contribution in [2.24, 2.45) is 10.9 Å². The number of rotatable bonds is 11. The number of guanidine groups is 1. The Kier molecular flexibility index (Phi) is 9.99. The number of methoxy groups -OCH3 is 1. The van der Waals surface area contributed by atoms with Crippen LogP contribution in [0.3, 0.4) is 0 Å². The molecule has 1 aliphatic heterocycles. The molecule has 0 amide bonds. The summed E-state index contributed by atoms with van der Waals surface area (Å²) in [7, 11) is 1.66. The molecule has 8 heteroatoms. The third-order valence-electron chi connectivity index (χ3n) is 4.60. The van der Waals surface area contributed by atoms with Gasteiger partial charge in [0.2, 0.25) is 0 Å². The van der Waals surface area contributed by atoms with E-state index in [4.69, 9.17) is 9.47 Å². The number of hydrogen-bond donors (Lipinski definition) is 2. The van der Waals surface area contributed by atoms with Crippen molar-refractivity contribution in [3.05, 3.63) is 29.8 Å². The number of anilines is 1. The molecule has 1 aliphatic rings. The highest BCUT2D eigenvalue weighted by atomic mass is 19.2. The lowest BCUT2D eigenvalue weighted by atomic mass is 10.1. The number of benzene rings is 1. The minimum absolute atomic E-state index is 0.390. The van der Waals surface area contributed by atoms with E-state index in [9.17, 15) is 8.78 Å². The zero-order valence-electron chi connectivity index (χ0n) is 16.8. The maximum Gasteiger partial charge on any atom is 0.191 e. The second-order valence-electron chi connectivity index (χ2n) is 6.80. The molecule has 0 aliphatic carbocycles. The summed E-state index contributed by atoms with van der Waals surface area (Å²) in [6, 6.07) is 4.08. The van der Waals surface area contributed by atoms with Gasteiger partial charge in [0, 0.05) is 58.2 Å². The van der Waals surface area contributed by atoms with E-state index in [1.807, 2.05) is 6.92 Å². The topological polar surface area (TPSA) is 58.1 Å². The van der Waals surface area contributed by atoms with Gasteiger partial charge in [0.15, 0.2) is 17.6 Å². The van der Waals surface area contributed by atoms with Crippen molar-refractivity contribution >= 4 is 11.6 Å². The van der Waals surface area contributed by atoms with Crippen molar-refractivity contribution in [2.75, 3.05) is 64.6 Å². The lowest BCUT2D eigenvalue weighted by Crippen LogP contribution is -2.38. The first-order valence-corrected chi connectivity index (χ1v) is 9.93. The zero-order valence-corrected chi connectivity index (χ0v) is 16.8. The second kappa shape index (κ2) is 12.5. The van der Waals surface area contributed by atoms with Crippen LogP contribution >= 0.6 is 0 Å². The number of nitrogens with one attached hydrogen (secondary N) is 2. The lowest BCUT2D eigenvalue weighted by molar-refractivity contribution is 0.0698. The SMILES string of the molecule is CCNC(=NCC1CCN(c2ccc(F)c(F)c2)C1)NCCCOCCOC. The molecule has 1 fully saturated rings. The predicted molar refractivity (Wildman–Crippen MR) is 108 cm³/mol. The molecular weight excluding hydrogens is 366 g/mol. The summed E-state index contributed by atoms with van der Waals surface area (Å²) in [4.78, 5) is 6.76. The number of hydrogen-bond acceptors (Lipinski definition) is 4. The van der Waals surface area contributed by atoms with E-state index in [-0.39, 0.29) is 0 Å². The van der Waals surface area contributed by atoms with Crippen LogP contribution in [0.15, 0.2) is 23.2 Å². The fraction of sp³-hybridized carbons (Fsp3) is 0.650. The van der Waals surface area contributed by atoms with Crippen molar-refractivity contribution in [2.45, 2.75) is 19.8 Å². The summed E-state index contributed by atoms with van der Waals surface area (Å²) in [6.07, 6.45) is 1.87. The van der Waals surface area contributed by atoms with Gasteiger partial charge in [0.1, 0.15) is 0 Å². The first kappa shape index (κ1) is 22.4. The van der Waals surface area contributed by atoms with Crippen LogP contribution in [0.2, 0.25) is 0 Å². The third kappa shape index (κ3) is 7.59. The first-order chi connectivity index (χ1) is 13.6. The molecule has 158 valence electrons. The molecule has 1 atom stereocenters. The van der Waals surface area contributed by atoms with Crippen LogP contribution in [0, 0.1) is 17.6 Å². The average molecular weight is 398 g/mol. The molecule has 1 saturated heterocycles. The molecule has 0 radical (unpaired) electrons. The van der Waals surface area contributed by atoms with Crippen molar-refractivity contribution < 1.29 is 18.3 Å². The summed E-state index contributed by atoms with van der Waals surface area (Å²) in [5.41, 5.74) is 0.726. The standard InChI is InChI=1S/C20H32F2N4O2/c1-3-23-20(24-8-4-10-28-12-11-27-2)25-14-16-7-9-26(15-16)17-5-6-18(21)19(22)13-17/h5-6,13,16H,3-4,7-12,14-15H2,1-2H3,(H2,23,24,25). The van der Waals surface area contributed by atoms with Gasteiger partial charge in [-0.05, 0) is 37.8 Å². The predicted octanol–water partition coefficient (Wildman–Crippen LogP) is 2.40. The van der Waals surface area contributed by atoms with E-state index < -0.39 is 11.6 Å². The molecule has 0 bridgehead atoms. The summed E-state index contributed by atoms with van der Waals surface area (Å²) in [5, 5.41) is 6.56. The number of halogens is 2. The van der Waals surface area contributed by atoms with E-state index >= 15 is 0 Å². The molecule has 1 aromatic carbocycles. The van der Waals surface area contributed by atoms with Crippen LogP contribution in [0.4, 0.5) is 14.5 Å². The van der Waals surface area contributed by atoms with Gasteiger partial charge < -0.3 is 25.0 Å². The Hall–Kier alpha value is -1.93. The van der Waals surface area contributed by atoms with Gasteiger partial charge in [-0.3, -0.25) is 4.99 Å². The molecule has 2 N–H and O–H groups in total. The minimum Gasteiger partial charge on any atom is -0.382 e. The number of ether oxygens (including phenoxy) is 2. The highest BCUT2D eigenvalue weighted by Crippen LogP contribution is 2.25. The number of nitrogens with zero attached hydrogens (tertiary/aromatic N) is 2. The van der Waals surface area contributed by atoms with Gasteiger partial charge in [-0.25, -0.2) is 8.78 Å². The first-order valence-electron chi connectivity index (χ1n) is 9.93. The largest absolute Gasteiger partial charge is 0.382 e. The lowest BCUT2D eigenvalue weighted by Gasteiger charge is -2.18. The van der Waals surface area contributed by atoms with E-state index in [0.717, 1.165) is 50.7 Å². The Morgan fingerprint density at radius 2 is 2.07 bits per heavy atom. The maximum atomic E-state index is 13.4. The van der Waals surface area contributed by atoms with Crippen molar-refractivity contribution in [3.8, 4) is 0 Å². The van der Waals surface area contributed by atoms with Crippen LogP contribution in [-0.2, 0) is 9.47 Å². The van der Waals surface area contributed by atoms with Crippen LogP contribution in [0.5, 0.6) is 0 Å². The Labute approximate surface area is 166 Å². The molecule has 1 unspecified atom stereocenters. The minimum atomic E-state index is -0.811. The van der Waals surface area contributed by atoms with Gasteiger partial charge in [0.25, 0.3) is 0 Å². The maximum absolute atomic E-state index is 13.4. The summed E-state index contributed by atoms with van der Waals surface area (Å²) >= 11 is 0. The molecule has 0 saturated carbocycles. The fourth-order valence-electron chi connectivity index (χ4n) is 3.09. The highest BCUT2D eigenvalue weighted by molar-refractivity contribution is 5.79. The molecule has 0 spiro atoms. The Balaban J connectivity index is 1.74. The van der Waals surface area contributed by atoms with Crippen LogP contribution < -0.4 is 15.5 Å². The Bertz CT molecular complexity index is 616. The van der Waals surface area contributed by atoms with Gasteiger partial charge in [-0.15, -0.1) is 0 Å². The monoisotopic (exact) mass is 398 g/mol. The van der Waals surface area contributed by atoms with E-state index in [1.54, 1.807) is 13.2 Å². The van der Waals surface area contributed by atoms with Crippen molar-refractivity contribution in [1.82, 2.24) is 10.6 Å². The van der Waals surface area contributed by atoms with Crippen LogP contribution in [-0.4, -0.2) is 65.6 Å². The van der Waals surface area contributed by atoms with E-state index in [0.29, 0.717) is 32.3 Å². The highest BCUT2D eigenvalue weighted by Gasteiger charge is 2.23. The summed E-state index contributed by atoms with van der Waals surface area (Å²) < 4.78 is 36.9. The molecule has 2 rings (SSSR count). The average Bonchev–Trinajstić information content (AvgIpc) is 3.16. The summed E-state index contributed by atoms with van der Waals surface area (Å²) in [6.45, 7) is 7.83. The number of aliphatic imine (C=N–C) groups is 1. The van der Waals surface area contributed by atoms with Gasteiger partial charge in [-0.1, -0.05) is 0 Å². The van der Waals surface area contributed by atoms with Crippen LogP contribution in [0.1, 0.15) is 19.8 Å². The van der Waals surface area contributed by atoms with Gasteiger partial charge in [-0.2, -0.15) is 0 Å². The molecular formula is C20H32F2N4O2. The smallest absolute Gasteiger partial charge is 0.191 e. The Morgan fingerprint density at radius 1 is 1.21 bits per heavy atom. The molecule has 0 aromatic heterocycles. The normalized spacial score (nSPS) is 17.2. The van der Waals surface area contributed by atoms with Crippen LogP contribution in [0.25, 0.3) is 0 Å². The van der Waals surface area contributed by atoms with Gasteiger partial charge in [0.05, 0.1) is 13.2 Å². The molecule has 1 aromatic rings. The summed E-state index contributed by atoms with van der Waals surface area (Å²) in [5.74, 6) is -0.426.